The summed E-state index contributed by atoms with van der Waals surface area (Å²) in [7, 11) is 0. The molecular formula is C16H25N3O2. The zero-order valence-corrected chi connectivity index (χ0v) is 13.1. The highest BCUT2D eigenvalue weighted by atomic mass is 16.6. The molecule has 1 saturated heterocycles. The largest absolute Gasteiger partial charge is 0.312 e. The van der Waals surface area contributed by atoms with Crippen LogP contribution < -0.4 is 5.32 Å². The minimum absolute atomic E-state index is 0.209. The molecule has 21 heavy (non-hydrogen) atoms. The summed E-state index contributed by atoms with van der Waals surface area (Å²) in [4.78, 5) is 13.1. The number of nitro groups is 1. The maximum atomic E-state index is 10.9. The van der Waals surface area contributed by atoms with Crippen LogP contribution in [0.4, 0.5) is 5.69 Å². The first-order valence-corrected chi connectivity index (χ1v) is 7.66. The number of likely N-dealkylation sites (tertiary alicyclic amines) is 1. The van der Waals surface area contributed by atoms with Crippen LogP contribution in [0.5, 0.6) is 0 Å². The fourth-order valence-corrected chi connectivity index (χ4v) is 2.88. The van der Waals surface area contributed by atoms with Gasteiger partial charge in [-0.1, -0.05) is 12.1 Å². The maximum Gasteiger partial charge on any atom is 0.272 e. The lowest BCUT2D eigenvalue weighted by Crippen LogP contribution is -2.30. The van der Waals surface area contributed by atoms with E-state index in [-0.39, 0.29) is 10.6 Å². The number of benzene rings is 1. The van der Waals surface area contributed by atoms with Gasteiger partial charge in [-0.2, -0.15) is 0 Å². The molecule has 1 unspecified atom stereocenters. The van der Waals surface area contributed by atoms with Crippen molar-refractivity contribution in [1.82, 2.24) is 10.2 Å². The summed E-state index contributed by atoms with van der Waals surface area (Å²) in [5.74, 6) is 0.688. The molecule has 1 heterocycles. The van der Waals surface area contributed by atoms with Crippen LogP contribution in [0.3, 0.4) is 0 Å². The van der Waals surface area contributed by atoms with Gasteiger partial charge in [0.1, 0.15) is 0 Å². The molecule has 5 nitrogen and oxygen atoms in total. The van der Waals surface area contributed by atoms with Gasteiger partial charge in [0.05, 0.1) is 4.92 Å². The van der Waals surface area contributed by atoms with Crippen molar-refractivity contribution >= 4 is 5.69 Å². The number of aryl methyl sites for hydroxylation is 1. The average Bonchev–Trinajstić information content (AvgIpc) is 2.89. The van der Waals surface area contributed by atoms with Crippen molar-refractivity contribution in [3.8, 4) is 0 Å². The summed E-state index contributed by atoms with van der Waals surface area (Å²) in [5, 5.41) is 14.4. The summed E-state index contributed by atoms with van der Waals surface area (Å²) < 4.78 is 0. The molecular weight excluding hydrogens is 266 g/mol. The third kappa shape index (κ3) is 4.25. The first-order chi connectivity index (χ1) is 9.97. The monoisotopic (exact) mass is 291 g/mol. The molecule has 0 amide bonds. The van der Waals surface area contributed by atoms with Gasteiger partial charge in [-0.05, 0) is 51.8 Å². The minimum atomic E-state index is -0.309. The van der Waals surface area contributed by atoms with Gasteiger partial charge in [-0.25, -0.2) is 0 Å². The molecule has 1 fully saturated rings. The van der Waals surface area contributed by atoms with Crippen molar-refractivity contribution in [3.05, 3.63) is 39.4 Å². The maximum absolute atomic E-state index is 10.9. The van der Waals surface area contributed by atoms with Gasteiger partial charge in [0, 0.05) is 30.8 Å². The van der Waals surface area contributed by atoms with Crippen LogP contribution in [0, 0.1) is 23.0 Å². The lowest BCUT2D eigenvalue weighted by Gasteiger charge is -2.20. The SMILES string of the molecule is Cc1ccc(CNCC2CCN(C(C)C)C2)cc1[N+](=O)[O-]. The van der Waals surface area contributed by atoms with E-state index in [1.807, 2.05) is 12.1 Å². The topological polar surface area (TPSA) is 58.4 Å². The molecule has 1 atom stereocenters. The van der Waals surface area contributed by atoms with Crippen molar-refractivity contribution in [3.63, 3.8) is 0 Å². The van der Waals surface area contributed by atoms with Crippen molar-refractivity contribution in [2.24, 2.45) is 5.92 Å². The Balaban J connectivity index is 1.82. The van der Waals surface area contributed by atoms with Crippen molar-refractivity contribution in [2.45, 2.75) is 39.8 Å². The Labute approximate surface area is 126 Å². The van der Waals surface area contributed by atoms with Gasteiger partial charge in [0.2, 0.25) is 0 Å². The van der Waals surface area contributed by atoms with Crippen LogP contribution in [-0.2, 0) is 6.54 Å². The van der Waals surface area contributed by atoms with E-state index in [0.717, 1.165) is 18.7 Å². The molecule has 1 aromatic carbocycles. The van der Waals surface area contributed by atoms with Crippen molar-refractivity contribution in [1.29, 1.82) is 0 Å². The van der Waals surface area contributed by atoms with Crippen LogP contribution >= 0.6 is 0 Å². The Kier molecular flexibility index (Phi) is 5.31. The van der Waals surface area contributed by atoms with E-state index in [1.165, 1.54) is 13.0 Å². The van der Waals surface area contributed by atoms with E-state index in [4.69, 9.17) is 0 Å². The van der Waals surface area contributed by atoms with Crippen LogP contribution in [-0.4, -0.2) is 35.5 Å². The van der Waals surface area contributed by atoms with Gasteiger partial charge in [0.25, 0.3) is 5.69 Å². The fourth-order valence-electron chi connectivity index (χ4n) is 2.88. The Morgan fingerprint density at radius 1 is 1.48 bits per heavy atom. The molecule has 2 rings (SSSR count). The Hall–Kier alpha value is -1.46. The molecule has 0 aliphatic carbocycles. The van der Waals surface area contributed by atoms with Crippen molar-refractivity contribution in [2.75, 3.05) is 19.6 Å². The van der Waals surface area contributed by atoms with E-state index in [0.29, 0.717) is 24.1 Å². The van der Waals surface area contributed by atoms with E-state index in [2.05, 4.69) is 24.1 Å². The second-order valence-corrected chi connectivity index (χ2v) is 6.25. The number of rotatable bonds is 6. The minimum Gasteiger partial charge on any atom is -0.312 e. The molecule has 1 aromatic rings. The first kappa shape index (κ1) is 15.9. The van der Waals surface area contributed by atoms with E-state index in [9.17, 15) is 10.1 Å². The standard InChI is InChI=1S/C16H25N3O2/c1-12(2)18-7-6-15(11-18)10-17-9-14-5-4-13(3)16(8-14)19(20)21/h4-5,8,12,15,17H,6-7,9-11H2,1-3H3. The molecule has 1 aliphatic rings. The highest BCUT2D eigenvalue weighted by Gasteiger charge is 2.23. The molecule has 1 N–H and O–H groups in total. The molecule has 0 aromatic heterocycles. The number of nitro benzene ring substituents is 1. The predicted octanol–water partition coefficient (Wildman–Crippen LogP) is 2.72. The molecule has 0 saturated carbocycles. The Bertz CT molecular complexity index is 502. The zero-order chi connectivity index (χ0) is 15.4. The lowest BCUT2D eigenvalue weighted by atomic mass is 10.1. The molecule has 0 spiro atoms. The fraction of sp³-hybridized carbons (Fsp3) is 0.625. The number of nitrogens with zero attached hydrogens (tertiary/aromatic N) is 2. The van der Waals surface area contributed by atoms with E-state index in [1.54, 1.807) is 13.0 Å². The number of hydrogen-bond acceptors (Lipinski definition) is 4. The third-order valence-electron chi connectivity index (χ3n) is 4.28. The van der Waals surface area contributed by atoms with Gasteiger partial charge >= 0.3 is 0 Å². The van der Waals surface area contributed by atoms with Gasteiger partial charge in [-0.3, -0.25) is 10.1 Å². The third-order valence-corrected chi connectivity index (χ3v) is 4.28. The van der Waals surface area contributed by atoms with E-state index < -0.39 is 0 Å². The summed E-state index contributed by atoms with van der Waals surface area (Å²) in [6, 6.07) is 6.09. The molecule has 1 aliphatic heterocycles. The Morgan fingerprint density at radius 3 is 2.86 bits per heavy atom. The lowest BCUT2D eigenvalue weighted by molar-refractivity contribution is -0.385. The summed E-state index contributed by atoms with van der Waals surface area (Å²) in [6.07, 6.45) is 1.24. The summed E-state index contributed by atoms with van der Waals surface area (Å²) >= 11 is 0. The van der Waals surface area contributed by atoms with Crippen LogP contribution in [0.1, 0.15) is 31.4 Å². The van der Waals surface area contributed by atoms with Gasteiger partial charge in [-0.15, -0.1) is 0 Å². The average molecular weight is 291 g/mol. The van der Waals surface area contributed by atoms with Crippen LogP contribution in [0.25, 0.3) is 0 Å². The van der Waals surface area contributed by atoms with Crippen LogP contribution in [0.15, 0.2) is 18.2 Å². The van der Waals surface area contributed by atoms with Crippen LogP contribution in [0.2, 0.25) is 0 Å². The smallest absolute Gasteiger partial charge is 0.272 e. The van der Waals surface area contributed by atoms with Crippen molar-refractivity contribution < 1.29 is 4.92 Å². The molecule has 0 bridgehead atoms. The van der Waals surface area contributed by atoms with Gasteiger partial charge in [0.15, 0.2) is 0 Å². The second-order valence-electron chi connectivity index (χ2n) is 6.25. The highest BCUT2D eigenvalue weighted by molar-refractivity contribution is 5.42. The predicted molar refractivity (Wildman–Crippen MR) is 84.4 cm³/mol. The van der Waals surface area contributed by atoms with Gasteiger partial charge < -0.3 is 10.2 Å². The summed E-state index contributed by atoms with van der Waals surface area (Å²) in [5.41, 5.74) is 1.90. The highest BCUT2D eigenvalue weighted by Crippen LogP contribution is 2.20. The number of nitrogens with one attached hydrogen (secondary N) is 1. The van der Waals surface area contributed by atoms with E-state index >= 15 is 0 Å². The molecule has 116 valence electrons. The molecule has 5 heteroatoms. The Morgan fingerprint density at radius 2 is 2.24 bits per heavy atom. The zero-order valence-electron chi connectivity index (χ0n) is 13.1. The number of hydrogen-bond donors (Lipinski definition) is 1. The second kappa shape index (κ2) is 7.00. The summed E-state index contributed by atoms with van der Waals surface area (Å²) in [6.45, 7) is 10.2. The molecule has 0 radical (unpaired) electrons. The first-order valence-electron chi connectivity index (χ1n) is 7.66. The quantitative estimate of drug-likeness (QED) is 0.647. The normalized spacial score (nSPS) is 19.3.